The molecule has 6 heteroatoms. The second-order valence-corrected chi connectivity index (χ2v) is 6.18. The molecular formula is C20H19N3O3. The van der Waals surface area contributed by atoms with E-state index in [0.29, 0.717) is 18.0 Å². The summed E-state index contributed by atoms with van der Waals surface area (Å²) in [6, 6.07) is 14.2. The van der Waals surface area contributed by atoms with Crippen molar-refractivity contribution in [2.24, 2.45) is 0 Å². The first-order valence-corrected chi connectivity index (χ1v) is 8.59. The number of anilines is 2. The largest absolute Gasteiger partial charge is 0.494 e. The van der Waals surface area contributed by atoms with Gasteiger partial charge in [0, 0.05) is 17.4 Å². The molecule has 1 aromatic heterocycles. The Bertz CT molecular complexity index is 962. The summed E-state index contributed by atoms with van der Waals surface area (Å²) >= 11 is 0. The maximum Gasteiger partial charge on any atom is 0.256 e. The zero-order valence-electron chi connectivity index (χ0n) is 14.4. The molecule has 0 unspecified atom stereocenters. The van der Waals surface area contributed by atoms with Crippen LogP contribution in [-0.4, -0.2) is 29.4 Å². The van der Waals surface area contributed by atoms with Crippen molar-refractivity contribution in [3.63, 3.8) is 0 Å². The summed E-state index contributed by atoms with van der Waals surface area (Å²) < 4.78 is 5.40. The van der Waals surface area contributed by atoms with Crippen molar-refractivity contribution in [3.8, 4) is 5.75 Å². The zero-order valence-corrected chi connectivity index (χ0v) is 14.4. The van der Waals surface area contributed by atoms with E-state index in [-0.39, 0.29) is 18.2 Å². The second-order valence-electron chi connectivity index (χ2n) is 6.18. The van der Waals surface area contributed by atoms with E-state index < -0.39 is 6.04 Å². The lowest BCUT2D eigenvalue weighted by molar-refractivity contribution is -0.121. The maximum atomic E-state index is 12.7. The van der Waals surface area contributed by atoms with Crippen molar-refractivity contribution in [1.29, 1.82) is 0 Å². The third-order valence-electron chi connectivity index (χ3n) is 4.45. The van der Waals surface area contributed by atoms with Crippen molar-refractivity contribution in [1.82, 2.24) is 4.98 Å². The van der Waals surface area contributed by atoms with E-state index in [1.54, 1.807) is 24.3 Å². The fourth-order valence-corrected chi connectivity index (χ4v) is 3.21. The molecule has 2 amide bonds. The van der Waals surface area contributed by atoms with Gasteiger partial charge in [0.25, 0.3) is 5.91 Å². The van der Waals surface area contributed by atoms with Crippen molar-refractivity contribution in [3.05, 3.63) is 54.7 Å². The number of hydrogen-bond donors (Lipinski definition) is 2. The molecule has 132 valence electrons. The predicted molar refractivity (Wildman–Crippen MR) is 100 cm³/mol. The minimum atomic E-state index is -0.568. The van der Waals surface area contributed by atoms with Crippen LogP contribution in [0.5, 0.6) is 5.75 Å². The fraction of sp³-hybridized carbons (Fsp3) is 0.200. The number of amides is 2. The van der Waals surface area contributed by atoms with Crippen LogP contribution in [0, 0.1) is 0 Å². The van der Waals surface area contributed by atoms with Crippen LogP contribution in [0.25, 0.3) is 10.9 Å². The van der Waals surface area contributed by atoms with Crippen LogP contribution in [-0.2, 0) is 9.59 Å². The number of rotatable bonds is 5. The highest BCUT2D eigenvalue weighted by Gasteiger charge is 2.39. The Morgan fingerprint density at radius 1 is 1.15 bits per heavy atom. The Morgan fingerprint density at radius 3 is 2.73 bits per heavy atom. The van der Waals surface area contributed by atoms with Gasteiger partial charge in [-0.05, 0) is 54.8 Å². The summed E-state index contributed by atoms with van der Waals surface area (Å²) in [5.74, 6) is 0.257. The maximum absolute atomic E-state index is 12.7. The minimum Gasteiger partial charge on any atom is -0.494 e. The SMILES string of the molecule is CCOc1ccc(N2C(=O)C[C@@H](Nc3ccc4cc[nH]c4c3)C2=O)cc1. The van der Waals surface area contributed by atoms with Gasteiger partial charge >= 0.3 is 0 Å². The van der Waals surface area contributed by atoms with Gasteiger partial charge in [-0.15, -0.1) is 0 Å². The number of carbonyl (C=O) groups is 2. The number of imide groups is 1. The van der Waals surface area contributed by atoms with E-state index in [2.05, 4.69) is 10.3 Å². The number of aromatic amines is 1. The number of H-pyrrole nitrogens is 1. The number of aromatic nitrogens is 1. The van der Waals surface area contributed by atoms with Gasteiger partial charge in [0.2, 0.25) is 5.91 Å². The first kappa shape index (κ1) is 16.2. The van der Waals surface area contributed by atoms with Crippen LogP contribution in [0.4, 0.5) is 11.4 Å². The summed E-state index contributed by atoms with van der Waals surface area (Å²) in [6.07, 6.45) is 2.00. The van der Waals surface area contributed by atoms with Crippen LogP contribution in [0.2, 0.25) is 0 Å². The number of nitrogens with one attached hydrogen (secondary N) is 2. The van der Waals surface area contributed by atoms with E-state index in [4.69, 9.17) is 4.74 Å². The van der Waals surface area contributed by atoms with Gasteiger partial charge in [-0.3, -0.25) is 9.59 Å². The fourth-order valence-electron chi connectivity index (χ4n) is 3.21. The lowest BCUT2D eigenvalue weighted by Gasteiger charge is -2.16. The molecule has 2 aromatic carbocycles. The zero-order chi connectivity index (χ0) is 18.1. The van der Waals surface area contributed by atoms with Gasteiger partial charge in [0.05, 0.1) is 18.7 Å². The van der Waals surface area contributed by atoms with Crippen molar-refractivity contribution in [2.45, 2.75) is 19.4 Å². The molecular weight excluding hydrogens is 330 g/mol. The van der Waals surface area contributed by atoms with Crippen LogP contribution in [0.15, 0.2) is 54.7 Å². The van der Waals surface area contributed by atoms with Gasteiger partial charge in [-0.25, -0.2) is 4.90 Å². The summed E-state index contributed by atoms with van der Waals surface area (Å²) in [5, 5.41) is 4.28. The third-order valence-corrected chi connectivity index (χ3v) is 4.45. The van der Waals surface area contributed by atoms with Crippen molar-refractivity contribution in [2.75, 3.05) is 16.8 Å². The standard InChI is InChI=1S/C20H19N3O3/c1-2-26-16-7-5-15(6-8-16)23-19(24)12-18(20(23)25)22-14-4-3-13-9-10-21-17(13)11-14/h3-11,18,21-22H,2,12H2,1H3/t18-/m1/s1. The van der Waals surface area contributed by atoms with E-state index in [9.17, 15) is 9.59 Å². The summed E-state index contributed by atoms with van der Waals surface area (Å²) in [5.41, 5.74) is 2.35. The van der Waals surface area contributed by atoms with Crippen LogP contribution >= 0.6 is 0 Å². The molecule has 26 heavy (non-hydrogen) atoms. The Labute approximate surface area is 150 Å². The van der Waals surface area contributed by atoms with Gasteiger partial charge in [0.1, 0.15) is 11.8 Å². The van der Waals surface area contributed by atoms with Crippen LogP contribution < -0.4 is 15.0 Å². The van der Waals surface area contributed by atoms with Gasteiger partial charge in [-0.2, -0.15) is 0 Å². The van der Waals surface area contributed by atoms with E-state index in [0.717, 1.165) is 16.6 Å². The highest BCUT2D eigenvalue weighted by molar-refractivity contribution is 6.23. The van der Waals surface area contributed by atoms with Gasteiger partial charge in [-0.1, -0.05) is 6.07 Å². The molecule has 1 fully saturated rings. The Hall–Kier alpha value is -3.28. The quantitative estimate of drug-likeness (QED) is 0.693. The smallest absolute Gasteiger partial charge is 0.256 e. The average Bonchev–Trinajstić information content (AvgIpc) is 3.20. The Morgan fingerprint density at radius 2 is 1.96 bits per heavy atom. The highest BCUT2D eigenvalue weighted by atomic mass is 16.5. The number of benzene rings is 2. The van der Waals surface area contributed by atoms with Crippen LogP contribution in [0.3, 0.4) is 0 Å². The van der Waals surface area contributed by atoms with E-state index in [1.807, 2.05) is 37.4 Å². The van der Waals surface area contributed by atoms with Crippen molar-refractivity contribution >= 4 is 34.1 Å². The topological polar surface area (TPSA) is 74.4 Å². The molecule has 0 saturated carbocycles. The predicted octanol–water partition coefficient (Wildman–Crippen LogP) is 3.31. The van der Waals surface area contributed by atoms with E-state index >= 15 is 0 Å². The first-order valence-electron chi connectivity index (χ1n) is 8.59. The number of nitrogens with zero attached hydrogens (tertiary/aromatic N) is 1. The lowest BCUT2D eigenvalue weighted by atomic mass is 10.2. The molecule has 0 radical (unpaired) electrons. The molecule has 1 aliphatic heterocycles. The molecule has 1 atom stereocenters. The van der Waals surface area contributed by atoms with Gasteiger partial charge in [0.15, 0.2) is 0 Å². The minimum absolute atomic E-state index is 0.134. The molecule has 2 N–H and O–H groups in total. The Kier molecular flexibility index (Phi) is 4.08. The summed E-state index contributed by atoms with van der Waals surface area (Å²) in [6.45, 7) is 2.47. The molecule has 1 aliphatic rings. The second kappa shape index (κ2) is 6.55. The summed E-state index contributed by atoms with van der Waals surface area (Å²) in [7, 11) is 0. The number of fused-ring (bicyclic) bond motifs is 1. The van der Waals surface area contributed by atoms with Gasteiger partial charge < -0.3 is 15.0 Å². The van der Waals surface area contributed by atoms with Crippen molar-refractivity contribution < 1.29 is 14.3 Å². The number of hydrogen-bond acceptors (Lipinski definition) is 4. The molecule has 1 saturated heterocycles. The molecule has 6 nitrogen and oxygen atoms in total. The normalized spacial score (nSPS) is 17.1. The summed E-state index contributed by atoms with van der Waals surface area (Å²) in [4.78, 5) is 29.5. The Balaban J connectivity index is 1.52. The highest BCUT2D eigenvalue weighted by Crippen LogP contribution is 2.27. The molecule has 4 rings (SSSR count). The molecule has 3 aromatic rings. The molecule has 0 spiro atoms. The number of carbonyl (C=O) groups excluding carboxylic acids is 2. The third kappa shape index (κ3) is 2.90. The monoisotopic (exact) mass is 349 g/mol. The molecule has 0 aliphatic carbocycles. The van der Waals surface area contributed by atoms with Crippen LogP contribution in [0.1, 0.15) is 13.3 Å². The first-order chi connectivity index (χ1) is 12.7. The lowest BCUT2D eigenvalue weighted by Crippen LogP contribution is -2.34. The average molecular weight is 349 g/mol. The molecule has 0 bridgehead atoms. The number of ether oxygens (including phenoxy) is 1. The molecule has 2 heterocycles. The van der Waals surface area contributed by atoms with E-state index in [1.165, 1.54) is 4.90 Å².